The second-order valence-electron chi connectivity index (χ2n) is 1.07. The van der Waals surface area contributed by atoms with E-state index in [0.29, 0.717) is 0 Å². The van der Waals surface area contributed by atoms with E-state index in [1.54, 1.807) is 0 Å². The Hall–Kier alpha value is 1.33. The van der Waals surface area contributed by atoms with Crippen LogP contribution in [-0.2, 0) is 12.3 Å². The Balaban J connectivity index is 2.60. The Morgan fingerprint density at radius 2 is 1.22 bits per heavy atom. The molecule has 9 heteroatoms. The molecule has 0 bridgehead atoms. The molecule has 0 saturated carbocycles. The smallest absolute Gasteiger partial charge is 0.285 e. The van der Waals surface area contributed by atoms with Crippen molar-refractivity contribution in [3.05, 3.63) is 0 Å². The summed E-state index contributed by atoms with van der Waals surface area (Å²) in [6.07, 6.45) is 0. The number of hydrogen-bond donors (Lipinski definition) is 0. The third kappa shape index (κ3) is 9.33. The summed E-state index contributed by atoms with van der Waals surface area (Å²) in [5, 5.41) is 0. The highest BCUT2D eigenvalue weighted by Crippen LogP contribution is 1.75. The average molecular weight is 239 g/mol. The minimum Gasteiger partial charge on any atom is -0.433 e. The van der Waals surface area contributed by atoms with E-state index in [9.17, 15) is 0 Å². The van der Waals surface area contributed by atoms with E-state index in [0.717, 1.165) is 0 Å². The van der Waals surface area contributed by atoms with Crippen LogP contribution in [0.15, 0.2) is 0 Å². The van der Waals surface area contributed by atoms with E-state index < -0.39 is 38.2 Å². The predicted octanol–water partition coefficient (Wildman–Crippen LogP) is -2.49. The Morgan fingerprint density at radius 3 is 1.56 bits per heavy atom. The third-order valence-electron chi connectivity index (χ3n) is 0.488. The van der Waals surface area contributed by atoms with Crippen LogP contribution in [0.3, 0.4) is 0 Å². The van der Waals surface area contributed by atoms with Crippen LogP contribution in [-0.4, -0.2) is 38.2 Å². The fourth-order valence-corrected chi connectivity index (χ4v) is 5.19. The minimum atomic E-state index is -0.779. The summed E-state index contributed by atoms with van der Waals surface area (Å²) in [6.45, 7) is 0. The Bertz CT molecular complexity index is 47.1. The number of rotatable bonds is 6. The van der Waals surface area contributed by atoms with E-state index in [-0.39, 0.29) is 0 Å². The number of halogens is 2. The topological polar surface area (TPSA) is 27.7 Å². The molecular weight excluding hydrogens is 231 g/mol. The summed E-state index contributed by atoms with van der Waals surface area (Å²) in [7, 11) is -3.09. The van der Waals surface area contributed by atoms with Gasteiger partial charge in [0.05, 0.1) is 0 Å². The van der Waals surface area contributed by atoms with Crippen molar-refractivity contribution < 1.29 is 12.3 Å². The first-order chi connectivity index (χ1) is 4.41. The quantitative estimate of drug-likeness (QED) is 0.292. The summed E-state index contributed by atoms with van der Waals surface area (Å²) >= 11 is 10.7. The summed E-state index contributed by atoms with van der Waals surface area (Å²) in [6, 6.07) is 0. The van der Waals surface area contributed by atoms with Crippen molar-refractivity contribution in [1.82, 2.24) is 0 Å². The zero-order valence-corrected chi connectivity index (χ0v) is 12.0. The van der Waals surface area contributed by atoms with Crippen LogP contribution in [0.1, 0.15) is 0 Å². The molecule has 56 valence electrons. The zero-order valence-electron chi connectivity index (χ0n) is 4.81. The second kappa shape index (κ2) is 9.33. The van der Waals surface area contributed by atoms with Gasteiger partial charge in [-0.3, -0.25) is 0 Å². The summed E-state index contributed by atoms with van der Waals surface area (Å²) in [5.74, 6) is 0. The van der Waals surface area contributed by atoms with Crippen molar-refractivity contribution in [3.8, 4) is 0 Å². The molecule has 3 nitrogen and oxygen atoms in total. The van der Waals surface area contributed by atoms with Crippen LogP contribution in [0.5, 0.6) is 0 Å². The lowest BCUT2D eigenvalue weighted by Crippen LogP contribution is -2.11. The maximum atomic E-state index is 5.34. The van der Waals surface area contributed by atoms with E-state index in [1.165, 1.54) is 0 Å². The molecule has 9 heavy (non-hydrogen) atoms. The molecule has 0 aromatic heterocycles. The van der Waals surface area contributed by atoms with Crippen molar-refractivity contribution >= 4 is 60.3 Å². The molecular formula is H8Cl2O3Si4. The lowest BCUT2D eigenvalue weighted by atomic mass is 15.7. The van der Waals surface area contributed by atoms with Gasteiger partial charge in [-0.15, -0.1) is 22.2 Å². The molecule has 0 aromatic carbocycles. The molecule has 0 aliphatic carbocycles. The van der Waals surface area contributed by atoms with Gasteiger partial charge >= 0.3 is 0 Å². The fraction of sp³-hybridized carbons (Fsp3) is 0. The second-order valence-corrected chi connectivity index (χ2v) is 8.18. The molecule has 0 amide bonds. The van der Waals surface area contributed by atoms with Crippen molar-refractivity contribution in [2.24, 2.45) is 0 Å². The summed E-state index contributed by atoms with van der Waals surface area (Å²) < 4.78 is 14.9. The molecule has 0 aromatic rings. The lowest BCUT2D eigenvalue weighted by molar-refractivity contribution is 0.440. The van der Waals surface area contributed by atoms with Crippen molar-refractivity contribution in [1.29, 1.82) is 0 Å². The predicted molar refractivity (Wildman–Crippen MR) is 49.1 cm³/mol. The van der Waals surface area contributed by atoms with Crippen LogP contribution in [0.2, 0.25) is 0 Å². The maximum Gasteiger partial charge on any atom is 0.285 e. The van der Waals surface area contributed by atoms with Gasteiger partial charge in [-0.1, -0.05) is 0 Å². The molecule has 0 atom stereocenters. The molecule has 0 radical (unpaired) electrons. The molecule has 0 rings (SSSR count). The monoisotopic (exact) mass is 238 g/mol. The van der Waals surface area contributed by atoms with Crippen LogP contribution in [0.25, 0.3) is 0 Å². The highest BCUT2D eigenvalue weighted by Gasteiger charge is 1.87. The molecule has 0 unspecified atom stereocenters. The lowest BCUT2D eigenvalue weighted by Gasteiger charge is -2.00. The first kappa shape index (κ1) is 10.3. The molecule has 0 saturated heterocycles. The standard InChI is InChI=1S/Cl2H8O3Si4/c1-6-3-8-5-9-4-7-2/h6-9H2. The van der Waals surface area contributed by atoms with E-state index >= 15 is 0 Å². The maximum absolute atomic E-state index is 5.34. The Kier molecular flexibility index (Phi) is 10.7. The van der Waals surface area contributed by atoms with Gasteiger partial charge in [0, 0.05) is 0 Å². The minimum absolute atomic E-state index is 0.766. The van der Waals surface area contributed by atoms with Gasteiger partial charge in [0.1, 0.15) is 0 Å². The first-order valence-corrected chi connectivity index (χ1v) is 10.0. The Labute approximate surface area is 72.8 Å². The Morgan fingerprint density at radius 1 is 0.778 bits per heavy atom. The number of hydrogen-bond acceptors (Lipinski definition) is 3. The highest BCUT2D eigenvalue weighted by molar-refractivity contribution is 6.92. The van der Waals surface area contributed by atoms with E-state index in [2.05, 4.69) is 0 Å². The SMILES string of the molecule is Cl[SiH2]O[SiH2]O[SiH2]O[SiH2]Cl. The van der Waals surface area contributed by atoms with Crippen LogP contribution < -0.4 is 0 Å². The van der Waals surface area contributed by atoms with Crippen LogP contribution in [0, 0.1) is 0 Å². The van der Waals surface area contributed by atoms with E-state index in [4.69, 9.17) is 34.5 Å². The third-order valence-corrected chi connectivity index (χ3v) is 7.17. The largest absolute Gasteiger partial charge is 0.433 e. The van der Waals surface area contributed by atoms with Crippen molar-refractivity contribution in [2.45, 2.75) is 0 Å². The molecule has 0 aliphatic rings. The average Bonchev–Trinajstić information content (AvgIpc) is 1.89. The zero-order chi connectivity index (χ0) is 6.95. The summed E-state index contributed by atoms with van der Waals surface area (Å²) in [5.41, 5.74) is 0. The van der Waals surface area contributed by atoms with Gasteiger partial charge in [-0.25, -0.2) is 0 Å². The first-order valence-electron chi connectivity index (χ1n) is 2.27. The van der Waals surface area contributed by atoms with Gasteiger partial charge in [0.25, 0.3) is 20.0 Å². The molecule has 0 aliphatic heterocycles. The molecule has 0 N–H and O–H groups in total. The fourth-order valence-electron chi connectivity index (χ4n) is 0.215. The normalized spacial score (nSPS) is 15.3. The van der Waals surface area contributed by atoms with Gasteiger partial charge in [0.15, 0.2) is 0 Å². The van der Waals surface area contributed by atoms with Crippen LogP contribution >= 0.6 is 22.2 Å². The highest BCUT2D eigenvalue weighted by atomic mass is 35.6. The van der Waals surface area contributed by atoms with E-state index in [1.807, 2.05) is 0 Å². The van der Waals surface area contributed by atoms with Gasteiger partial charge in [0.2, 0.25) is 18.1 Å². The van der Waals surface area contributed by atoms with Crippen molar-refractivity contribution in [2.75, 3.05) is 0 Å². The molecule has 0 spiro atoms. The van der Waals surface area contributed by atoms with Gasteiger partial charge in [-0.05, 0) is 0 Å². The van der Waals surface area contributed by atoms with Gasteiger partial charge < -0.3 is 12.3 Å². The summed E-state index contributed by atoms with van der Waals surface area (Å²) in [4.78, 5) is 0. The van der Waals surface area contributed by atoms with Gasteiger partial charge in [-0.2, -0.15) is 0 Å². The molecule has 0 heterocycles. The van der Waals surface area contributed by atoms with Crippen molar-refractivity contribution in [3.63, 3.8) is 0 Å². The molecule has 0 fully saturated rings. The van der Waals surface area contributed by atoms with Crippen LogP contribution in [0.4, 0.5) is 0 Å².